The number of carbonyl (C=O) groups is 2. The minimum atomic E-state index is -0.238. The van der Waals surface area contributed by atoms with Gasteiger partial charge >= 0.3 is 0 Å². The van der Waals surface area contributed by atoms with Gasteiger partial charge < -0.3 is 10.2 Å². The van der Waals surface area contributed by atoms with Gasteiger partial charge in [-0.05, 0) is 44.5 Å². The summed E-state index contributed by atoms with van der Waals surface area (Å²) in [6.45, 7) is 5.83. The maximum Gasteiger partial charge on any atom is 0.237 e. The largest absolute Gasteiger partial charge is 0.324 e. The van der Waals surface area contributed by atoms with Gasteiger partial charge in [0.25, 0.3) is 0 Å². The molecule has 3 aromatic rings. The maximum absolute atomic E-state index is 13.2. The number of fused-ring (bicyclic) bond motifs is 1. The predicted molar refractivity (Wildman–Crippen MR) is 118 cm³/mol. The van der Waals surface area contributed by atoms with Crippen molar-refractivity contribution in [3.05, 3.63) is 59.9 Å². The number of carbonyl (C=O) groups excluding carboxylic acids is 2. The number of amides is 2. The zero-order valence-corrected chi connectivity index (χ0v) is 17.9. The molecule has 154 valence electrons. The number of para-hydroxylation sites is 3. The van der Waals surface area contributed by atoms with Crippen molar-refractivity contribution in [3.8, 4) is 5.69 Å². The van der Waals surface area contributed by atoms with Crippen molar-refractivity contribution in [2.75, 3.05) is 16.0 Å². The second-order valence-electron chi connectivity index (χ2n) is 7.32. The molecule has 0 fully saturated rings. The predicted octanol–water partition coefficient (Wildman–Crippen LogP) is 3.74. The summed E-state index contributed by atoms with van der Waals surface area (Å²) in [6.07, 6.45) is 0.254. The van der Waals surface area contributed by atoms with Crippen LogP contribution in [-0.4, -0.2) is 38.4 Å². The zero-order valence-electron chi connectivity index (χ0n) is 17.1. The van der Waals surface area contributed by atoms with Crippen LogP contribution < -0.4 is 10.2 Å². The summed E-state index contributed by atoms with van der Waals surface area (Å²) in [7, 11) is 0. The van der Waals surface area contributed by atoms with E-state index in [9.17, 15) is 9.59 Å². The van der Waals surface area contributed by atoms with Crippen LogP contribution in [0.2, 0.25) is 0 Å². The van der Waals surface area contributed by atoms with Crippen molar-refractivity contribution in [2.24, 2.45) is 0 Å². The quantitative estimate of drug-likeness (QED) is 0.649. The molecule has 0 saturated carbocycles. The summed E-state index contributed by atoms with van der Waals surface area (Å²) < 4.78 is 1.97. The fraction of sp³-hybridized carbons (Fsp3) is 0.273. The molecular formula is C22H23N5O2S. The molecule has 1 aromatic heterocycles. The van der Waals surface area contributed by atoms with Crippen molar-refractivity contribution in [2.45, 2.75) is 38.4 Å². The van der Waals surface area contributed by atoms with Gasteiger partial charge in [-0.15, -0.1) is 10.2 Å². The second-order valence-corrected chi connectivity index (χ2v) is 8.27. The lowest BCUT2D eigenvalue weighted by molar-refractivity contribution is -0.117. The highest BCUT2D eigenvalue weighted by molar-refractivity contribution is 7.99. The number of nitrogens with one attached hydrogen (secondary N) is 1. The Morgan fingerprint density at radius 2 is 1.80 bits per heavy atom. The van der Waals surface area contributed by atoms with E-state index in [1.807, 2.05) is 73.9 Å². The monoisotopic (exact) mass is 421 g/mol. The fourth-order valence-corrected chi connectivity index (χ4v) is 4.54. The number of benzene rings is 2. The van der Waals surface area contributed by atoms with Gasteiger partial charge in [-0.25, -0.2) is 0 Å². The minimum absolute atomic E-state index is 0.0755. The highest BCUT2D eigenvalue weighted by Crippen LogP contribution is 2.32. The van der Waals surface area contributed by atoms with Gasteiger partial charge in [-0.3, -0.25) is 14.2 Å². The Kier molecular flexibility index (Phi) is 5.59. The van der Waals surface area contributed by atoms with E-state index >= 15 is 0 Å². The standard InChI is InChI=1S/C22H23N5O2S/c1-14-8-4-6-10-18(14)27-16(3)24-25-22(27)30-13-21(29)26-15(2)12-20(28)23-17-9-5-7-11-19(17)26/h4-11,15H,12-13H2,1-3H3,(H,23,28)/t15-/m1/s1. The van der Waals surface area contributed by atoms with Gasteiger partial charge in [0.05, 0.1) is 22.8 Å². The Morgan fingerprint density at radius 3 is 2.57 bits per heavy atom. The van der Waals surface area contributed by atoms with E-state index in [0.717, 1.165) is 22.8 Å². The van der Waals surface area contributed by atoms with Crippen LogP contribution in [0.4, 0.5) is 11.4 Å². The average Bonchev–Trinajstić information content (AvgIpc) is 3.01. The average molecular weight is 422 g/mol. The van der Waals surface area contributed by atoms with Crippen LogP contribution in [-0.2, 0) is 9.59 Å². The van der Waals surface area contributed by atoms with E-state index in [-0.39, 0.29) is 30.0 Å². The third kappa shape index (κ3) is 3.82. The Bertz CT molecular complexity index is 1110. The van der Waals surface area contributed by atoms with Crippen molar-refractivity contribution >= 4 is 35.0 Å². The number of hydrogen-bond acceptors (Lipinski definition) is 5. The van der Waals surface area contributed by atoms with Gasteiger partial charge in [0, 0.05) is 12.5 Å². The first-order valence-corrected chi connectivity index (χ1v) is 10.8. The van der Waals surface area contributed by atoms with Crippen LogP contribution in [0.15, 0.2) is 53.7 Å². The molecule has 0 unspecified atom stereocenters. The molecular weight excluding hydrogens is 398 g/mol. The molecule has 1 aliphatic rings. The lowest BCUT2D eigenvalue weighted by Gasteiger charge is -2.27. The molecule has 0 aliphatic carbocycles. The van der Waals surface area contributed by atoms with Crippen molar-refractivity contribution in [3.63, 3.8) is 0 Å². The van der Waals surface area contributed by atoms with Gasteiger partial charge in [0.15, 0.2) is 5.16 Å². The summed E-state index contributed by atoms with van der Waals surface area (Å²) in [6, 6.07) is 15.2. The summed E-state index contributed by atoms with van der Waals surface area (Å²) >= 11 is 1.35. The SMILES string of the molecule is Cc1ccccc1-n1c(C)nnc1SCC(=O)N1c2ccccc2NC(=O)C[C@H]1C. The Balaban J connectivity index is 1.59. The molecule has 1 N–H and O–H groups in total. The summed E-state index contributed by atoms with van der Waals surface area (Å²) in [5, 5.41) is 12.0. The first-order chi connectivity index (χ1) is 14.5. The Hall–Kier alpha value is -3.13. The number of thioether (sulfide) groups is 1. The highest BCUT2D eigenvalue weighted by atomic mass is 32.2. The number of nitrogens with zero attached hydrogens (tertiary/aromatic N) is 4. The van der Waals surface area contributed by atoms with Crippen LogP contribution in [0, 0.1) is 13.8 Å². The van der Waals surface area contributed by atoms with Gasteiger partial charge in [-0.2, -0.15) is 0 Å². The smallest absolute Gasteiger partial charge is 0.237 e. The fourth-order valence-electron chi connectivity index (χ4n) is 3.69. The molecule has 8 heteroatoms. The maximum atomic E-state index is 13.2. The summed E-state index contributed by atoms with van der Waals surface area (Å²) in [4.78, 5) is 27.1. The van der Waals surface area contributed by atoms with Crippen LogP contribution in [0.3, 0.4) is 0 Å². The number of aryl methyl sites for hydroxylation is 2. The molecule has 0 radical (unpaired) electrons. The molecule has 0 spiro atoms. The molecule has 2 aromatic carbocycles. The second kappa shape index (κ2) is 8.31. The van der Waals surface area contributed by atoms with Gasteiger partial charge in [0.2, 0.25) is 11.8 Å². The summed E-state index contributed by atoms with van der Waals surface area (Å²) in [5.41, 5.74) is 3.48. The van der Waals surface area contributed by atoms with Crippen molar-refractivity contribution in [1.82, 2.24) is 14.8 Å². The molecule has 0 bridgehead atoms. The van der Waals surface area contributed by atoms with Gasteiger partial charge in [-0.1, -0.05) is 42.1 Å². The number of hydrogen-bond donors (Lipinski definition) is 1. The van der Waals surface area contributed by atoms with E-state index in [1.54, 1.807) is 4.90 Å². The minimum Gasteiger partial charge on any atom is -0.324 e. The topological polar surface area (TPSA) is 80.1 Å². The summed E-state index contributed by atoms with van der Waals surface area (Å²) in [5.74, 6) is 0.792. The van der Waals surface area contributed by atoms with Crippen molar-refractivity contribution < 1.29 is 9.59 Å². The molecule has 0 saturated heterocycles. The molecule has 7 nitrogen and oxygen atoms in total. The van der Waals surface area contributed by atoms with Gasteiger partial charge in [0.1, 0.15) is 5.82 Å². The number of anilines is 2. The van der Waals surface area contributed by atoms with E-state index in [1.165, 1.54) is 11.8 Å². The molecule has 2 amide bonds. The lowest BCUT2D eigenvalue weighted by Crippen LogP contribution is -2.40. The normalized spacial score (nSPS) is 16.0. The Morgan fingerprint density at radius 1 is 1.10 bits per heavy atom. The molecule has 1 aliphatic heterocycles. The zero-order chi connectivity index (χ0) is 21.3. The third-order valence-corrected chi connectivity index (χ3v) is 6.02. The first kappa shape index (κ1) is 20.2. The van der Waals surface area contributed by atoms with Crippen LogP contribution in [0.1, 0.15) is 24.7 Å². The van der Waals surface area contributed by atoms with Crippen LogP contribution in [0.25, 0.3) is 5.69 Å². The Labute approximate surface area is 179 Å². The lowest BCUT2D eigenvalue weighted by atomic mass is 10.2. The molecule has 30 heavy (non-hydrogen) atoms. The third-order valence-electron chi connectivity index (χ3n) is 5.10. The van der Waals surface area contributed by atoms with E-state index in [4.69, 9.17) is 0 Å². The number of rotatable bonds is 4. The van der Waals surface area contributed by atoms with E-state index < -0.39 is 0 Å². The molecule has 1 atom stereocenters. The van der Waals surface area contributed by atoms with Crippen molar-refractivity contribution in [1.29, 1.82) is 0 Å². The van der Waals surface area contributed by atoms with E-state index in [2.05, 4.69) is 15.5 Å². The number of aromatic nitrogens is 3. The van der Waals surface area contributed by atoms with E-state index in [0.29, 0.717) is 10.8 Å². The molecule has 4 rings (SSSR count). The highest BCUT2D eigenvalue weighted by Gasteiger charge is 2.29. The first-order valence-electron chi connectivity index (χ1n) is 9.77. The van der Waals surface area contributed by atoms with Crippen LogP contribution in [0.5, 0.6) is 0 Å². The molecule has 2 heterocycles. The van der Waals surface area contributed by atoms with Crippen LogP contribution >= 0.6 is 11.8 Å².